The maximum absolute atomic E-state index is 13.4. The van der Waals surface area contributed by atoms with E-state index >= 15 is 0 Å². The first-order valence-corrected chi connectivity index (χ1v) is 12.8. The molecule has 3 amide bonds. The van der Waals surface area contributed by atoms with Gasteiger partial charge in [0.2, 0.25) is 5.91 Å². The standard InChI is InChI=1S/C30H27N3O5S/c1-37-24-13-8-14-25(38-2)26(24)29(35)32-20-15-17-21(18-16-20)39-27(19-9-4-3-5-10-19)30(36)33-23-12-7-6-11-22(23)28(31)34/h3-18,27H,1-2H3,(H2,31,34)(H,32,35)(H,33,36). The summed E-state index contributed by atoms with van der Waals surface area (Å²) in [5, 5.41) is 5.09. The molecule has 0 aliphatic rings. The van der Waals surface area contributed by atoms with E-state index in [1.165, 1.54) is 26.0 Å². The van der Waals surface area contributed by atoms with E-state index in [4.69, 9.17) is 15.2 Å². The first kappa shape index (κ1) is 27.3. The smallest absolute Gasteiger partial charge is 0.263 e. The predicted octanol–water partition coefficient (Wildman–Crippen LogP) is 5.53. The molecule has 0 aliphatic carbocycles. The van der Waals surface area contributed by atoms with Crippen LogP contribution in [0, 0.1) is 0 Å². The third kappa shape index (κ3) is 6.58. The number of carbonyl (C=O) groups is 3. The first-order valence-electron chi connectivity index (χ1n) is 11.9. The van der Waals surface area contributed by atoms with Gasteiger partial charge in [-0.2, -0.15) is 0 Å². The highest BCUT2D eigenvalue weighted by atomic mass is 32.2. The van der Waals surface area contributed by atoms with Gasteiger partial charge in [-0.25, -0.2) is 0 Å². The lowest BCUT2D eigenvalue weighted by molar-refractivity contribution is -0.115. The fourth-order valence-corrected chi connectivity index (χ4v) is 4.95. The number of hydrogen-bond acceptors (Lipinski definition) is 6. The molecule has 39 heavy (non-hydrogen) atoms. The van der Waals surface area contributed by atoms with E-state index in [0.29, 0.717) is 22.9 Å². The van der Waals surface area contributed by atoms with Crippen molar-refractivity contribution in [3.63, 3.8) is 0 Å². The van der Waals surface area contributed by atoms with Crippen LogP contribution in [-0.2, 0) is 4.79 Å². The highest BCUT2D eigenvalue weighted by Gasteiger charge is 2.24. The van der Waals surface area contributed by atoms with Crippen molar-refractivity contribution < 1.29 is 23.9 Å². The van der Waals surface area contributed by atoms with Gasteiger partial charge in [-0.1, -0.05) is 48.5 Å². The van der Waals surface area contributed by atoms with Gasteiger partial charge in [0.1, 0.15) is 22.3 Å². The van der Waals surface area contributed by atoms with Crippen LogP contribution in [0.4, 0.5) is 11.4 Å². The van der Waals surface area contributed by atoms with Gasteiger partial charge in [0.05, 0.1) is 25.5 Å². The summed E-state index contributed by atoms with van der Waals surface area (Å²) in [4.78, 5) is 39.0. The lowest BCUT2D eigenvalue weighted by Crippen LogP contribution is -2.22. The van der Waals surface area contributed by atoms with Crippen LogP contribution >= 0.6 is 11.8 Å². The molecule has 0 saturated heterocycles. The number of para-hydroxylation sites is 1. The first-order chi connectivity index (χ1) is 18.9. The predicted molar refractivity (Wildman–Crippen MR) is 153 cm³/mol. The molecule has 0 heterocycles. The van der Waals surface area contributed by atoms with Gasteiger partial charge in [-0.3, -0.25) is 14.4 Å². The van der Waals surface area contributed by atoms with Crippen molar-refractivity contribution >= 4 is 40.9 Å². The van der Waals surface area contributed by atoms with Crippen molar-refractivity contribution in [2.45, 2.75) is 10.1 Å². The Hall–Kier alpha value is -4.76. The minimum Gasteiger partial charge on any atom is -0.496 e. The second kappa shape index (κ2) is 12.7. The number of rotatable bonds is 10. The number of anilines is 2. The molecule has 9 heteroatoms. The molecule has 198 valence electrons. The van der Waals surface area contributed by atoms with Crippen molar-refractivity contribution in [2.75, 3.05) is 24.9 Å². The number of methoxy groups -OCH3 is 2. The number of ether oxygens (including phenoxy) is 2. The van der Waals surface area contributed by atoms with Gasteiger partial charge >= 0.3 is 0 Å². The lowest BCUT2D eigenvalue weighted by atomic mass is 10.1. The molecule has 1 unspecified atom stereocenters. The Kier molecular flexibility index (Phi) is 8.86. The summed E-state index contributed by atoms with van der Waals surface area (Å²) in [6.07, 6.45) is 0. The van der Waals surface area contributed by atoms with E-state index in [1.54, 1.807) is 54.6 Å². The second-order valence-electron chi connectivity index (χ2n) is 8.32. The molecule has 1 atom stereocenters. The number of nitrogens with one attached hydrogen (secondary N) is 2. The summed E-state index contributed by atoms with van der Waals surface area (Å²) in [5.74, 6) is -0.514. The van der Waals surface area contributed by atoms with E-state index in [9.17, 15) is 14.4 Å². The summed E-state index contributed by atoms with van der Waals surface area (Å²) < 4.78 is 10.7. The number of hydrogen-bond donors (Lipinski definition) is 3. The van der Waals surface area contributed by atoms with Crippen LogP contribution < -0.4 is 25.8 Å². The Labute approximate surface area is 230 Å². The van der Waals surface area contributed by atoms with E-state index in [0.717, 1.165) is 10.5 Å². The molecular weight excluding hydrogens is 514 g/mol. The number of amides is 3. The maximum Gasteiger partial charge on any atom is 0.263 e. The molecule has 4 aromatic rings. The van der Waals surface area contributed by atoms with Crippen LogP contribution in [-0.4, -0.2) is 31.9 Å². The highest BCUT2D eigenvalue weighted by Crippen LogP contribution is 2.37. The molecule has 0 fully saturated rings. The second-order valence-corrected chi connectivity index (χ2v) is 9.50. The van der Waals surface area contributed by atoms with E-state index in [1.807, 2.05) is 42.5 Å². The van der Waals surface area contributed by atoms with Crippen molar-refractivity contribution in [2.24, 2.45) is 5.73 Å². The van der Waals surface area contributed by atoms with Crippen LogP contribution in [0.1, 0.15) is 31.5 Å². The van der Waals surface area contributed by atoms with Gasteiger partial charge in [0.25, 0.3) is 11.8 Å². The van der Waals surface area contributed by atoms with Crippen LogP contribution in [0.2, 0.25) is 0 Å². The van der Waals surface area contributed by atoms with Crippen LogP contribution in [0.25, 0.3) is 0 Å². The largest absolute Gasteiger partial charge is 0.496 e. The number of nitrogens with two attached hydrogens (primary N) is 1. The number of thioether (sulfide) groups is 1. The Morgan fingerprint density at radius 3 is 1.97 bits per heavy atom. The summed E-state index contributed by atoms with van der Waals surface area (Å²) in [7, 11) is 2.98. The third-order valence-electron chi connectivity index (χ3n) is 5.81. The Morgan fingerprint density at radius 2 is 1.36 bits per heavy atom. The van der Waals surface area contributed by atoms with Gasteiger partial charge < -0.3 is 25.8 Å². The summed E-state index contributed by atoms with van der Waals surface area (Å²) in [6.45, 7) is 0. The molecule has 0 radical (unpaired) electrons. The minimum atomic E-state index is -0.627. The SMILES string of the molecule is COc1cccc(OC)c1C(=O)Nc1ccc(SC(C(=O)Nc2ccccc2C(N)=O)c2ccccc2)cc1. The topological polar surface area (TPSA) is 120 Å². The van der Waals surface area contributed by atoms with Gasteiger partial charge in [-0.15, -0.1) is 11.8 Å². The summed E-state index contributed by atoms with van der Waals surface area (Å²) in [6, 6.07) is 28.2. The molecule has 4 N–H and O–H groups in total. The summed E-state index contributed by atoms with van der Waals surface area (Å²) >= 11 is 1.34. The molecule has 0 aromatic heterocycles. The molecule has 4 rings (SSSR count). The Morgan fingerprint density at radius 1 is 0.744 bits per heavy atom. The number of benzene rings is 4. The number of carbonyl (C=O) groups excluding carboxylic acids is 3. The average Bonchev–Trinajstić information content (AvgIpc) is 2.96. The quantitative estimate of drug-likeness (QED) is 0.227. The van der Waals surface area contributed by atoms with E-state index < -0.39 is 11.2 Å². The van der Waals surface area contributed by atoms with Crippen molar-refractivity contribution in [3.8, 4) is 11.5 Å². The molecule has 0 aliphatic heterocycles. The molecule has 8 nitrogen and oxygen atoms in total. The average molecular weight is 542 g/mol. The maximum atomic E-state index is 13.4. The highest BCUT2D eigenvalue weighted by molar-refractivity contribution is 8.00. The van der Waals surface area contributed by atoms with Crippen molar-refractivity contribution in [1.29, 1.82) is 0 Å². The molecule has 0 saturated carbocycles. The van der Waals surface area contributed by atoms with Crippen LogP contribution in [0.5, 0.6) is 11.5 Å². The third-order valence-corrected chi connectivity index (χ3v) is 7.08. The minimum absolute atomic E-state index is 0.231. The zero-order valence-electron chi connectivity index (χ0n) is 21.3. The van der Waals surface area contributed by atoms with Gasteiger partial charge in [-0.05, 0) is 54.1 Å². The Bertz CT molecular complexity index is 1450. The molecule has 0 bridgehead atoms. The summed E-state index contributed by atoms with van der Waals surface area (Å²) in [5.41, 5.74) is 7.70. The Balaban J connectivity index is 1.53. The van der Waals surface area contributed by atoms with Crippen molar-refractivity contribution in [1.82, 2.24) is 0 Å². The van der Waals surface area contributed by atoms with E-state index in [-0.39, 0.29) is 22.9 Å². The molecule has 4 aromatic carbocycles. The van der Waals surface area contributed by atoms with Crippen molar-refractivity contribution in [3.05, 3.63) is 114 Å². The molecule has 0 spiro atoms. The van der Waals surface area contributed by atoms with E-state index in [2.05, 4.69) is 10.6 Å². The number of primary amides is 1. The van der Waals surface area contributed by atoms with Gasteiger partial charge in [0.15, 0.2) is 0 Å². The normalized spacial score (nSPS) is 11.2. The van der Waals surface area contributed by atoms with Crippen LogP contribution in [0.15, 0.2) is 102 Å². The zero-order chi connectivity index (χ0) is 27.8. The van der Waals surface area contributed by atoms with Gasteiger partial charge in [0, 0.05) is 10.6 Å². The zero-order valence-corrected chi connectivity index (χ0v) is 22.2. The van der Waals surface area contributed by atoms with Crippen LogP contribution in [0.3, 0.4) is 0 Å². The molecular formula is C30H27N3O5S. The fourth-order valence-electron chi connectivity index (χ4n) is 3.93. The lowest BCUT2D eigenvalue weighted by Gasteiger charge is -2.18. The fraction of sp³-hybridized carbons (Fsp3) is 0.100. The monoisotopic (exact) mass is 541 g/mol.